The van der Waals surface area contributed by atoms with Crippen LogP contribution in [0.1, 0.15) is 17.3 Å². The van der Waals surface area contributed by atoms with Crippen molar-refractivity contribution in [2.75, 3.05) is 13.1 Å². The highest BCUT2D eigenvalue weighted by atomic mass is 127. The lowest BCUT2D eigenvalue weighted by atomic mass is 10.1. The van der Waals surface area contributed by atoms with Crippen molar-refractivity contribution in [3.05, 3.63) is 33.4 Å². The van der Waals surface area contributed by atoms with Gasteiger partial charge in [0.25, 0.3) is 5.91 Å². The van der Waals surface area contributed by atoms with Crippen LogP contribution in [0.25, 0.3) is 0 Å². The van der Waals surface area contributed by atoms with Crippen LogP contribution in [0.15, 0.2) is 24.3 Å². The van der Waals surface area contributed by atoms with E-state index in [1.165, 1.54) is 0 Å². The van der Waals surface area contributed by atoms with Crippen molar-refractivity contribution in [2.24, 2.45) is 0 Å². The summed E-state index contributed by atoms with van der Waals surface area (Å²) >= 11 is 2.14. The first-order valence-electron chi connectivity index (χ1n) is 5.90. The van der Waals surface area contributed by atoms with Gasteiger partial charge in [-0.3, -0.25) is 4.79 Å². The quantitative estimate of drug-likeness (QED) is 0.798. The Bertz CT molecular complexity index is 505. The molecule has 0 bridgehead atoms. The maximum atomic E-state index is 12.3. The van der Waals surface area contributed by atoms with Gasteiger partial charge in [0.15, 0.2) is 6.10 Å². The highest BCUT2D eigenvalue weighted by Crippen LogP contribution is 2.16. The van der Waals surface area contributed by atoms with E-state index in [0.29, 0.717) is 12.1 Å². The average molecular weight is 375 g/mol. The number of amides is 1. The van der Waals surface area contributed by atoms with Crippen LogP contribution in [0.2, 0.25) is 0 Å². The van der Waals surface area contributed by atoms with E-state index in [9.17, 15) is 9.59 Å². The maximum absolute atomic E-state index is 12.3. The molecule has 19 heavy (non-hydrogen) atoms. The van der Waals surface area contributed by atoms with Crippen LogP contribution < -0.4 is 0 Å². The van der Waals surface area contributed by atoms with Crippen LogP contribution in [-0.2, 0) is 9.53 Å². The molecule has 1 N–H and O–H groups in total. The molecule has 1 saturated heterocycles. The molecule has 1 aromatic carbocycles. The third kappa shape index (κ3) is 3.44. The molecule has 102 valence electrons. The van der Waals surface area contributed by atoms with Crippen molar-refractivity contribution in [3.8, 4) is 0 Å². The number of hydrogen-bond donors (Lipinski definition) is 1. The lowest BCUT2D eigenvalue weighted by molar-refractivity contribution is -0.160. The van der Waals surface area contributed by atoms with Crippen LogP contribution in [0.4, 0.5) is 0 Å². The van der Waals surface area contributed by atoms with Crippen LogP contribution >= 0.6 is 22.6 Å². The van der Waals surface area contributed by atoms with Crippen molar-refractivity contribution in [2.45, 2.75) is 19.1 Å². The molecule has 0 spiro atoms. The summed E-state index contributed by atoms with van der Waals surface area (Å²) in [6.45, 7) is 2.27. The molecular formula is C13H14INO4. The van der Waals surface area contributed by atoms with E-state index in [-0.39, 0.29) is 18.6 Å². The maximum Gasteiger partial charge on any atom is 0.334 e. The molecule has 5 nitrogen and oxygen atoms in total. The smallest absolute Gasteiger partial charge is 0.334 e. The van der Waals surface area contributed by atoms with Gasteiger partial charge in [-0.1, -0.05) is 6.07 Å². The second-order valence-corrected chi connectivity index (χ2v) is 5.74. The summed E-state index contributed by atoms with van der Waals surface area (Å²) in [5.74, 6) is -1.19. The minimum Gasteiger partial charge on any atom is -0.479 e. The van der Waals surface area contributed by atoms with Crippen LogP contribution in [0, 0.1) is 3.57 Å². The number of carboxylic acid groups (broad SMARTS) is 1. The Kier molecular flexibility index (Phi) is 4.41. The van der Waals surface area contributed by atoms with Crippen molar-refractivity contribution in [3.63, 3.8) is 0 Å². The summed E-state index contributed by atoms with van der Waals surface area (Å²) < 4.78 is 6.26. The number of rotatable bonds is 2. The summed E-state index contributed by atoms with van der Waals surface area (Å²) in [5, 5.41) is 9.01. The summed E-state index contributed by atoms with van der Waals surface area (Å²) in [4.78, 5) is 24.9. The van der Waals surface area contributed by atoms with E-state index in [2.05, 4.69) is 22.6 Å². The predicted octanol–water partition coefficient (Wildman–Crippen LogP) is 1.61. The number of halogens is 1. The second-order valence-electron chi connectivity index (χ2n) is 4.49. The molecule has 1 heterocycles. The van der Waals surface area contributed by atoms with Crippen LogP contribution in [0.3, 0.4) is 0 Å². The van der Waals surface area contributed by atoms with Gasteiger partial charge >= 0.3 is 5.97 Å². The normalized spacial score (nSPS) is 23.2. The predicted molar refractivity (Wildman–Crippen MR) is 77.0 cm³/mol. The van der Waals surface area contributed by atoms with E-state index >= 15 is 0 Å². The fourth-order valence-corrected chi connectivity index (χ4v) is 2.60. The highest BCUT2D eigenvalue weighted by Gasteiger charge is 2.32. The molecular weight excluding hydrogens is 361 g/mol. The van der Waals surface area contributed by atoms with Crippen LogP contribution in [0.5, 0.6) is 0 Å². The fraction of sp³-hybridized carbons (Fsp3) is 0.385. The summed E-state index contributed by atoms with van der Waals surface area (Å²) in [7, 11) is 0. The third-order valence-corrected chi connectivity index (χ3v) is 3.57. The Balaban J connectivity index is 2.16. The van der Waals surface area contributed by atoms with Crippen molar-refractivity contribution < 1.29 is 19.4 Å². The molecule has 0 radical (unpaired) electrons. The van der Waals surface area contributed by atoms with Gasteiger partial charge in [0.2, 0.25) is 0 Å². The third-order valence-electron chi connectivity index (χ3n) is 2.89. The number of hydrogen-bond acceptors (Lipinski definition) is 3. The largest absolute Gasteiger partial charge is 0.479 e. The Hall–Kier alpha value is -1.15. The molecule has 1 fully saturated rings. The van der Waals surface area contributed by atoms with Crippen molar-refractivity contribution >= 4 is 34.5 Å². The molecule has 2 atom stereocenters. The van der Waals surface area contributed by atoms with E-state index in [0.717, 1.165) is 3.57 Å². The SMILES string of the molecule is C[C@@H]1CN(C(=O)c2cccc(I)c2)CC(C(=O)O)O1. The lowest BCUT2D eigenvalue weighted by Gasteiger charge is -2.35. The molecule has 1 aliphatic heterocycles. The molecule has 0 saturated carbocycles. The number of carbonyl (C=O) groups excluding carboxylic acids is 1. The zero-order valence-corrected chi connectivity index (χ0v) is 12.5. The van der Waals surface area contributed by atoms with Gasteiger partial charge in [-0.2, -0.15) is 0 Å². The summed E-state index contributed by atoms with van der Waals surface area (Å²) in [6.07, 6.45) is -1.22. The first-order valence-corrected chi connectivity index (χ1v) is 6.98. The molecule has 0 aromatic heterocycles. The number of ether oxygens (including phenoxy) is 1. The Morgan fingerprint density at radius 1 is 1.42 bits per heavy atom. The minimum absolute atomic E-state index is 0.0873. The monoisotopic (exact) mass is 375 g/mol. The van der Waals surface area contributed by atoms with Gasteiger partial charge < -0.3 is 14.7 Å². The molecule has 1 aliphatic rings. The molecule has 1 amide bonds. The molecule has 1 unspecified atom stereocenters. The van der Waals surface area contributed by atoms with Gasteiger partial charge in [0.1, 0.15) is 0 Å². The average Bonchev–Trinajstić information content (AvgIpc) is 2.37. The van der Waals surface area contributed by atoms with E-state index < -0.39 is 12.1 Å². The summed E-state index contributed by atoms with van der Waals surface area (Å²) in [6, 6.07) is 7.24. The Labute approximate surface area is 124 Å². The molecule has 6 heteroatoms. The fourth-order valence-electron chi connectivity index (χ4n) is 2.06. The van der Waals surface area contributed by atoms with Crippen LogP contribution in [-0.4, -0.2) is 47.2 Å². The van der Waals surface area contributed by atoms with Gasteiger partial charge in [-0.25, -0.2) is 4.79 Å². The minimum atomic E-state index is -1.04. The summed E-state index contributed by atoms with van der Waals surface area (Å²) in [5.41, 5.74) is 0.574. The zero-order valence-electron chi connectivity index (χ0n) is 10.4. The first kappa shape index (κ1) is 14.3. The van der Waals surface area contributed by atoms with Gasteiger partial charge in [-0.15, -0.1) is 0 Å². The van der Waals surface area contributed by atoms with Gasteiger partial charge in [-0.05, 0) is 47.7 Å². The van der Waals surface area contributed by atoms with Gasteiger partial charge in [0, 0.05) is 15.7 Å². The van der Waals surface area contributed by atoms with E-state index in [1.807, 2.05) is 12.1 Å². The number of carbonyl (C=O) groups is 2. The van der Waals surface area contributed by atoms with Crippen molar-refractivity contribution in [1.82, 2.24) is 4.90 Å². The highest BCUT2D eigenvalue weighted by molar-refractivity contribution is 14.1. The number of nitrogens with zero attached hydrogens (tertiary/aromatic N) is 1. The number of morpholine rings is 1. The first-order chi connectivity index (χ1) is 8.97. The standard InChI is InChI=1S/C13H14INO4/c1-8-6-15(7-11(19-8)13(17)18)12(16)9-3-2-4-10(14)5-9/h2-5,8,11H,6-7H2,1H3,(H,17,18)/t8-,11?/m1/s1. The Morgan fingerprint density at radius 2 is 2.16 bits per heavy atom. The zero-order chi connectivity index (χ0) is 14.0. The van der Waals surface area contributed by atoms with E-state index in [1.54, 1.807) is 24.0 Å². The number of benzene rings is 1. The molecule has 0 aliphatic carbocycles. The molecule has 2 rings (SSSR count). The van der Waals surface area contributed by atoms with Crippen molar-refractivity contribution in [1.29, 1.82) is 0 Å². The Morgan fingerprint density at radius 3 is 2.79 bits per heavy atom. The van der Waals surface area contributed by atoms with E-state index in [4.69, 9.17) is 9.84 Å². The van der Waals surface area contributed by atoms with Gasteiger partial charge in [0.05, 0.1) is 12.6 Å². The molecule has 1 aromatic rings. The number of carboxylic acids is 1. The topological polar surface area (TPSA) is 66.8 Å². The second kappa shape index (κ2) is 5.87. The lowest BCUT2D eigenvalue weighted by Crippen LogP contribution is -2.51. The number of aliphatic carboxylic acids is 1.